The summed E-state index contributed by atoms with van der Waals surface area (Å²) in [4.78, 5) is 2.77. The molecule has 0 fully saturated rings. The van der Waals surface area contributed by atoms with E-state index in [0.29, 0.717) is 0 Å². The number of thioether (sulfide) groups is 1. The van der Waals surface area contributed by atoms with Gasteiger partial charge in [0.2, 0.25) is 0 Å². The summed E-state index contributed by atoms with van der Waals surface area (Å²) in [7, 11) is 0. The Hall–Kier alpha value is -0.930. The molecule has 0 aliphatic rings. The minimum absolute atomic E-state index is 0.877. The molecule has 2 rings (SSSR count). The summed E-state index contributed by atoms with van der Waals surface area (Å²) in [6.45, 7) is 2.05. The zero-order valence-electron chi connectivity index (χ0n) is 9.27. The number of thiophene rings is 1. The maximum atomic E-state index is 5.79. The van der Waals surface area contributed by atoms with Gasteiger partial charge in [0.25, 0.3) is 0 Å². The predicted molar refractivity (Wildman–Crippen MR) is 74.3 cm³/mol. The Balaban J connectivity index is 1.87. The van der Waals surface area contributed by atoms with Crippen molar-refractivity contribution in [3.05, 3.63) is 46.2 Å². The molecular weight excluding hydrogens is 234 g/mol. The van der Waals surface area contributed by atoms with Crippen molar-refractivity contribution in [1.29, 1.82) is 0 Å². The molecule has 0 atom stereocenters. The predicted octanol–water partition coefficient (Wildman–Crippen LogP) is 3.97. The van der Waals surface area contributed by atoms with Gasteiger partial charge in [0.05, 0.1) is 0 Å². The molecule has 1 heterocycles. The number of anilines is 1. The van der Waals surface area contributed by atoms with Crippen LogP contribution in [0.15, 0.2) is 40.6 Å². The quantitative estimate of drug-likeness (QED) is 0.655. The van der Waals surface area contributed by atoms with Gasteiger partial charge >= 0.3 is 0 Å². The molecule has 0 saturated heterocycles. The van der Waals surface area contributed by atoms with Gasteiger partial charge in [-0.3, -0.25) is 0 Å². The summed E-state index contributed by atoms with van der Waals surface area (Å²) in [6, 6.07) is 10.6. The van der Waals surface area contributed by atoms with Gasteiger partial charge in [-0.05, 0) is 48.6 Å². The van der Waals surface area contributed by atoms with Crippen molar-refractivity contribution in [3.8, 4) is 0 Å². The minimum Gasteiger partial charge on any atom is -0.399 e. The lowest BCUT2D eigenvalue weighted by molar-refractivity contribution is 1.20. The molecule has 0 radical (unpaired) electrons. The highest BCUT2D eigenvalue weighted by Crippen LogP contribution is 2.23. The third-order valence-corrected chi connectivity index (χ3v) is 4.37. The molecule has 84 valence electrons. The first-order valence-corrected chi connectivity index (χ1v) is 7.13. The smallest absolute Gasteiger partial charge is 0.0344 e. The Kier molecular flexibility index (Phi) is 3.91. The van der Waals surface area contributed by atoms with Crippen LogP contribution in [-0.4, -0.2) is 5.75 Å². The second kappa shape index (κ2) is 5.41. The van der Waals surface area contributed by atoms with Gasteiger partial charge in [-0.25, -0.2) is 0 Å². The first-order chi connectivity index (χ1) is 7.75. The third kappa shape index (κ3) is 3.03. The van der Waals surface area contributed by atoms with Crippen LogP contribution in [-0.2, 0) is 6.42 Å². The van der Waals surface area contributed by atoms with E-state index >= 15 is 0 Å². The lowest BCUT2D eigenvalue weighted by Crippen LogP contribution is -1.90. The standard InChI is InChI=1S/C13H15NS2/c1-10-9-12(4-5-13(10)14)16-8-6-11-3-2-7-15-11/h2-5,7,9H,6,8,14H2,1H3. The van der Waals surface area contributed by atoms with Crippen LogP contribution in [0.25, 0.3) is 0 Å². The van der Waals surface area contributed by atoms with Crippen LogP contribution < -0.4 is 5.73 Å². The van der Waals surface area contributed by atoms with E-state index in [0.717, 1.165) is 17.9 Å². The van der Waals surface area contributed by atoms with Crippen LogP contribution in [0.1, 0.15) is 10.4 Å². The summed E-state index contributed by atoms with van der Waals surface area (Å²) in [5, 5.41) is 2.13. The van der Waals surface area contributed by atoms with Gasteiger partial charge in [-0.1, -0.05) is 6.07 Å². The molecule has 2 N–H and O–H groups in total. The average molecular weight is 249 g/mol. The average Bonchev–Trinajstić information content (AvgIpc) is 2.76. The van der Waals surface area contributed by atoms with Crippen molar-refractivity contribution in [3.63, 3.8) is 0 Å². The number of nitrogens with two attached hydrogens (primary N) is 1. The Morgan fingerprint density at radius 2 is 2.19 bits per heavy atom. The Labute approximate surface area is 105 Å². The number of hydrogen-bond acceptors (Lipinski definition) is 3. The first kappa shape index (κ1) is 11.6. The summed E-state index contributed by atoms with van der Waals surface area (Å²) >= 11 is 3.72. The van der Waals surface area contributed by atoms with E-state index in [1.165, 1.54) is 15.3 Å². The second-order valence-corrected chi connectivity index (χ2v) is 5.90. The maximum Gasteiger partial charge on any atom is 0.0344 e. The number of benzene rings is 1. The van der Waals surface area contributed by atoms with E-state index in [4.69, 9.17) is 5.73 Å². The van der Waals surface area contributed by atoms with Crippen molar-refractivity contribution in [1.82, 2.24) is 0 Å². The Morgan fingerprint density at radius 1 is 1.31 bits per heavy atom. The lowest BCUT2D eigenvalue weighted by atomic mass is 10.2. The van der Waals surface area contributed by atoms with Crippen molar-refractivity contribution in [2.24, 2.45) is 0 Å². The molecule has 0 amide bonds. The van der Waals surface area contributed by atoms with Crippen LogP contribution in [0.5, 0.6) is 0 Å². The van der Waals surface area contributed by atoms with Gasteiger partial charge in [-0.2, -0.15) is 0 Å². The zero-order valence-corrected chi connectivity index (χ0v) is 10.9. The highest BCUT2D eigenvalue weighted by Gasteiger charge is 1.99. The molecule has 0 aliphatic heterocycles. The van der Waals surface area contributed by atoms with Crippen molar-refractivity contribution in [2.45, 2.75) is 18.2 Å². The van der Waals surface area contributed by atoms with Gasteiger partial charge in [0.1, 0.15) is 0 Å². The lowest BCUT2D eigenvalue weighted by Gasteiger charge is -2.04. The van der Waals surface area contributed by atoms with Crippen LogP contribution in [0, 0.1) is 6.92 Å². The molecule has 0 spiro atoms. The number of hydrogen-bond donors (Lipinski definition) is 1. The molecule has 0 aliphatic carbocycles. The fourth-order valence-electron chi connectivity index (χ4n) is 1.46. The highest BCUT2D eigenvalue weighted by molar-refractivity contribution is 7.99. The monoisotopic (exact) mass is 249 g/mol. The van der Waals surface area contributed by atoms with E-state index in [-0.39, 0.29) is 0 Å². The summed E-state index contributed by atoms with van der Waals surface area (Å²) in [5.41, 5.74) is 7.83. The second-order valence-electron chi connectivity index (χ2n) is 3.70. The molecule has 1 nitrogen and oxygen atoms in total. The normalized spacial score (nSPS) is 10.6. The minimum atomic E-state index is 0.877. The fourth-order valence-corrected chi connectivity index (χ4v) is 3.28. The maximum absolute atomic E-state index is 5.79. The molecule has 2 aromatic rings. The summed E-state index contributed by atoms with van der Waals surface area (Å²) in [6.07, 6.45) is 1.14. The van der Waals surface area contributed by atoms with Gasteiger partial charge in [0.15, 0.2) is 0 Å². The van der Waals surface area contributed by atoms with E-state index < -0.39 is 0 Å². The topological polar surface area (TPSA) is 26.0 Å². The van der Waals surface area contributed by atoms with E-state index in [1.807, 2.05) is 29.2 Å². The van der Waals surface area contributed by atoms with Gasteiger partial charge in [-0.15, -0.1) is 23.1 Å². The molecule has 16 heavy (non-hydrogen) atoms. The molecule has 0 unspecified atom stereocenters. The van der Waals surface area contributed by atoms with Crippen LogP contribution in [0.4, 0.5) is 5.69 Å². The van der Waals surface area contributed by atoms with Crippen LogP contribution >= 0.6 is 23.1 Å². The molecule has 0 saturated carbocycles. The van der Waals surface area contributed by atoms with Crippen molar-refractivity contribution in [2.75, 3.05) is 11.5 Å². The molecule has 1 aromatic carbocycles. The van der Waals surface area contributed by atoms with Crippen LogP contribution in [0.2, 0.25) is 0 Å². The van der Waals surface area contributed by atoms with E-state index in [9.17, 15) is 0 Å². The number of rotatable bonds is 4. The largest absolute Gasteiger partial charge is 0.399 e. The van der Waals surface area contributed by atoms with E-state index in [2.05, 4.69) is 36.6 Å². The van der Waals surface area contributed by atoms with E-state index in [1.54, 1.807) is 0 Å². The SMILES string of the molecule is Cc1cc(SCCc2cccs2)ccc1N. The summed E-state index contributed by atoms with van der Waals surface area (Å²) in [5.74, 6) is 1.13. The van der Waals surface area contributed by atoms with Crippen molar-refractivity contribution < 1.29 is 0 Å². The zero-order chi connectivity index (χ0) is 11.4. The van der Waals surface area contributed by atoms with Gasteiger partial charge < -0.3 is 5.73 Å². The van der Waals surface area contributed by atoms with Crippen molar-refractivity contribution >= 4 is 28.8 Å². The van der Waals surface area contributed by atoms with Crippen LogP contribution in [0.3, 0.4) is 0 Å². The molecule has 1 aromatic heterocycles. The number of nitrogen functional groups attached to an aromatic ring is 1. The number of aryl methyl sites for hydroxylation is 2. The first-order valence-electron chi connectivity index (χ1n) is 5.27. The fraction of sp³-hybridized carbons (Fsp3) is 0.231. The highest BCUT2D eigenvalue weighted by atomic mass is 32.2. The van der Waals surface area contributed by atoms with Gasteiger partial charge in [0, 0.05) is 21.2 Å². The summed E-state index contributed by atoms with van der Waals surface area (Å²) < 4.78 is 0. The Bertz CT molecular complexity index is 449. The molecular formula is C13H15NS2. The molecule has 3 heteroatoms. The third-order valence-electron chi connectivity index (χ3n) is 2.44. The Morgan fingerprint density at radius 3 is 2.88 bits per heavy atom. The molecule has 0 bridgehead atoms.